The van der Waals surface area contributed by atoms with Gasteiger partial charge >= 0.3 is 0 Å². The van der Waals surface area contributed by atoms with Crippen molar-refractivity contribution in [3.05, 3.63) is 35.5 Å². The highest BCUT2D eigenvalue weighted by Crippen LogP contribution is 2.73. The van der Waals surface area contributed by atoms with Gasteiger partial charge in [0.25, 0.3) is 0 Å². The molecule has 0 aromatic carbocycles. The van der Waals surface area contributed by atoms with Crippen molar-refractivity contribution < 1.29 is 9.59 Å². The fourth-order valence-corrected chi connectivity index (χ4v) is 4.97. The van der Waals surface area contributed by atoms with Gasteiger partial charge in [-0.25, -0.2) is 9.88 Å². The number of halogens is 1. The predicted octanol–water partition coefficient (Wildman–Crippen LogP) is 2.44. The van der Waals surface area contributed by atoms with Crippen molar-refractivity contribution in [2.75, 3.05) is 4.90 Å². The fourth-order valence-electron chi connectivity index (χ4n) is 4.82. The second-order valence-corrected chi connectivity index (χ2v) is 7.00. The van der Waals surface area contributed by atoms with Gasteiger partial charge in [-0.3, -0.25) is 9.59 Å². The van der Waals surface area contributed by atoms with Gasteiger partial charge in [-0.2, -0.15) is 0 Å². The Kier molecular flexibility index (Phi) is 2.02. The van der Waals surface area contributed by atoms with Gasteiger partial charge in [-0.15, -0.1) is 0 Å². The van der Waals surface area contributed by atoms with Gasteiger partial charge in [-0.05, 0) is 36.2 Å². The number of hydrogen-bond acceptors (Lipinski definition) is 3. The molecular formula is C16H13ClN2O2. The van der Waals surface area contributed by atoms with E-state index in [1.165, 1.54) is 11.1 Å². The molecule has 5 rings (SSSR count). The first-order chi connectivity index (χ1) is 10.1. The quantitative estimate of drug-likeness (QED) is 0.591. The third kappa shape index (κ3) is 1.26. The maximum absolute atomic E-state index is 12.8. The Morgan fingerprint density at radius 2 is 1.76 bits per heavy atom. The monoisotopic (exact) mass is 300 g/mol. The van der Waals surface area contributed by atoms with E-state index in [2.05, 4.69) is 17.1 Å². The molecule has 1 saturated heterocycles. The SMILES string of the molecule is O=C1[C@@H]2[C@@H](C(=O)N1c1cc(Cl)ccn1)[C@@H]1C=C[C@H]2C12CC2. The molecule has 4 nitrogen and oxygen atoms in total. The van der Waals surface area contributed by atoms with Crippen LogP contribution in [-0.2, 0) is 9.59 Å². The average Bonchev–Trinajstić information content (AvgIpc) is 3.05. The molecule has 4 atom stereocenters. The lowest BCUT2D eigenvalue weighted by atomic mass is 9.85. The number of amides is 2. The van der Waals surface area contributed by atoms with Gasteiger partial charge in [0.1, 0.15) is 5.82 Å². The zero-order valence-corrected chi connectivity index (χ0v) is 12.0. The average molecular weight is 301 g/mol. The van der Waals surface area contributed by atoms with E-state index in [0.29, 0.717) is 10.8 Å². The smallest absolute Gasteiger partial charge is 0.239 e. The fraction of sp³-hybridized carbons (Fsp3) is 0.438. The van der Waals surface area contributed by atoms with Crippen LogP contribution in [0.2, 0.25) is 5.02 Å². The molecule has 106 valence electrons. The van der Waals surface area contributed by atoms with Gasteiger partial charge in [0, 0.05) is 17.3 Å². The summed E-state index contributed by atoms with van der Waals surface area (Å²) in [5.41, 5.74) is 0.231. The van der Waals surface area contributed by atoms with Crippen LogP contribution < -0.4 is 4.90 Å². The summed E-state index contributed by atoms with van der Waals surface area (Å²) < 4.78 is 0. The molecule has 3 fully saturated rings. The number of rotatable bonds is 1. The van der Waals surface area contributed by atoms with Crippen molar-refractivity contribution in [1.29, 1.82) is 0 Å². The van der Waals surface area contributed by atoms with Crippen LogP contribution >= 0.6 is 11.6 Å². The molecule has 1 aromatic heterocycles. The van der Waals surface area contributed by atoms with E-state index in [0.717, 1.165) is 12.8 Å². The molecule has 1 aromatic rings. The van der Waals surface area contributed by atoms with E-state index in [-0.39, 0.29) is 40.9 Å². The maximum atomic E-state index is 12.8. The van der Waals surface area contributed by atoms with Crippen molar-refractivity contribution in [2.24, 2.45) is 29.1 Å². The zero-order chi connectivity index (χ0) is 14.4. The molecule has 0 N–H and O–H groups in total. The van der Waals surface area contributed by atoms with Crippen LogP contribution in [-0.4, -0.2) is 16.8 Å². The largest absolute Gasteiger partial charge is 0.274 e. The summed E-state index contributed by atoms with van der Waals surface area (Å²) in [5.74, 6) is 0.287. The molecule has 21 heavy (non-hydrogen) atoms. The molecule has 1 spiro atoms. The van der Waals surface area contributed by atoms with Gasteiger partial charge in [0.05, 0.1) is 11.8 Å². The van der Waals surface area contributed by atoms with Crippen LogP contribution in [0.3, 0.4) is 0 Å². The van der Waals surface area contributed by atoms with E-state index in [1.807, 2.05) is 0 Å². The van der Waals surface area contributed by atoms with Crippen LogP contribution in [0.5, 0.6) is 0 Å². The lowest BCUT2D eigenvalue weighted by molar-refractivity contribution is -0.123. The summed E-state index contributed by atoms with van der Waals surface area (Å²) in [4.78, 5) is 31.0. The molecule has 3 aliphatic carbocycles. The third-order valence-corrected chi connectivity index (χ3v) is 6.02. The first-order valence-corrected chi connectivity index (χ1v) is 7.69. The van der Waals surface area contributed by atoms with Gasteiger partial charge in [0.2, 0.25) is 11.8 Å². The molecule has 0 unspecified atom stereocenters. The number of allylic oxidation sites excluding steroid dienone is 2. The summed E-state index contributed by atoms with van der Waals surface area (Å²) in [5, 5.41) is 0.484. The van der Waals surface area contributed by atoms with E-state index in [4.69, 9.17) is 11.6 Å². The van der Waals surface area contributed by atoms with E-state index in [9.17, 15) is 9.59 Å². The Bertz CT molecular complexity index is 691. The number of nitrogens with zero attached hydrogens (tertiary/aromatic N) is 2. The molecule has 4 aliphatic rings. The number of carbonyl (C=O) groups is 2. The lowest BCUT2D eigenvalue weighted by Crippen LogP contribution is -2.35. The zero-order valence-electron chi connectivity index (χ0n) is 11.2. The maximum Gasteiger partial charge on any atom is 0.239 e. The minimum atomic E-state index is -0.184. The summed E-state index contributed by atoms with van der Waals surface area (Å²) in [7, 11) is 0. The highest BCUT2D eigenvalue weighted by molar-refractivity contribution is 6.31. The van der Waals surface area contributed by atoms with Crippen molar-refractivity contribution in [3.63, 3.8) is 0 Å². The normalized spacial score (nSPS) is 37.7. The Hall–Kier alpha value is -1.68. The standard InChI is InChI=1S/C16H13ClN2O2/c17-8-3-6-18-11(7-8)19-14(20)12-9-1-2-10(13(12)15(19)21)16(9)4-5-16/h1-3,6-7,9-10,12-13H,4-5H2/t9-,10+,12-,13-/m0/s1. The summed E-state index contributed by atoms with van der Waals surface area (Å²) in [6.07, 6.45) is 8.16. The van der Waals surface area contributed by atoms with E-state index < -0.39 is 0 Å². The first-order valence-electron chi connectivity index (χ1n) is 7.31. The van der Waals surface area contributed by atoms with E-state index >= 15 is 0 Å². The summed E-state index contributed by atoms with van der Waals surface area (Å²) >= 11 is 5.96. The number of aromatic nitrogens is 1. The van der Waals surface area contributed by atoms with Gasteiger partial charge < -0.3 is 0 Å². The van der Waals surface area contributed by atoms with Crippen LogP contribution in [0.25, 0.3) is 0 Å². The van der Waals surface area contributed by atoms with Crippen LogP contribution in [0, 0.1) is 29.1 Å². The first kappa shape index (κ1) is 11.9. The summed E-state index contributed by atoms with van der Waals surface area (Å²) in [6, 6.07) is 3.22. The number of pyridine rings is 1. The Labute approximate surface area is 126 Å². The van der Waals surface area contributed by atoms with Crippen molar-refractivity contribution >= 4 is 29.2 Å². The minimum absolute atomic E-state index is 0.0945. The number of carbonyl (C=O) groups excluding carboxylic acids is 2. The third-order valence-electron chi connectivity index (χ3n) is 5.79. The molecule has 2 amide bonds. The topological polar surface area (TPSA) is 50.3 Å². The molecular weight excluding hydrogens is 288 g/mol. The highest BCUT2D eigenvalue weighted by Gasteiger charge is 2.73. The number of fused-ring (bicyclic) bond motifs is 3. The minimum Gasteiger partial charge on any atom is -0.274 e. The van der Waals surface area contributed by atoms with Crippen LogP contribution in [0.1, 0.15) is 12.8 Å². The van der Waals surface area contributed by atoms with Gasteiger partial charge in [-0.1, -0.05) is 23.8 Å². The number of anilines is 1. The molecule has 2 heterocycles. The molecule has 2 bridgehead atoms. The molecule has 0 radical (unpaired) electrons. The van der Waals surface area contributed by atoms with Crippen molar-refractivity contribution in [2.45, 2.75) is 12.8 Å². The second-order valence-electron chi connectivity index (χ2n) is 6.57. The second kappa shape index (κ2) is 3.55. The van der Waals surface area contributed by atoms with Crippen LogP contribution in [0.4, 0.5) is 5.82 Å². The Morgan fingerprint density at radius 1 is 1.14 bits per heavy atom. The number of hydrogen-bond donors (Lipinski definition) is 0. The Morgan fingerprint density at radius 3 is 2.29 bits per heavy atom. The molecule has 2 saturated carbocycles. The predicted molar refractivity (Wildman–Crippen MR) is 76.5 cm³/mol. The van der Waals surface area contributed by atoms with Crippen molar-refractivity contribution in [1.82, 2.24) is 4.98 Å². The van der Waals surface area contributed by atoms with E-state index in [1.54, 1.807) is 12.1 Å². The highest BCUT2D eigenvalue weighted by atomic mass is 35.5. The Balaban J connectivity index is 1.59. The molecule has 5 heteroatoms. The van der Waals surface area contributed by atoms with Crippen molar-refractivity contribution in [3.8, 4) is 0 Å². The summed E-state index contributed by atoms with van der Waals surface area (Å²) in [6.45, 7) is 0. The van der Waals surface area contributed by atoms with Gasteiger partial charge in [0.15, 0.2) is 0 Å². The lowest BCUT2D eigenvalue weighted by Gasteiger charge is -2.21. The number of imide groups is 1. The molecule has 1 aliphatic heterocycles. The van der Waals surface area contributed by atoms with Crippen LogP contribution in [0.15, 0.2) is 30.5 Å².